The van der Waals surface area contributed by atoms with Crippen molar-refractivity contribution >= 4 is 11.0 Å². The van der Waals surface area contributed by atoms with Gasteiger partial charge in [-0.2, -0.15) is 0 Å². The van der Waals surface area contributed by atoms with Gasteiger partial charge in [0, 0.05) is 17.1 Å². The van der Waals surface area contributed by atoms with Crippen LogP contribution in [0.1, 0.15) is 22.4 Å². The van der Waals surface area contributed by atoms with Gasteiger partial charge in [-0.05, 0) is 43.5 Å². The molecular formula is C18H18N2O. The van der Waals surface area contributed by atoms with Gasteiger partial charge in [-0.3, -0.25) is 9.36 Å². The number of nitrogens with zero attached hydrogens (tertiary/aromatic N) is 2. The number of pyridine rings is 2. The van der Waals surface area contributed by atoms with Crippen molar-refractivity contribution in [3.8, 4) is 0 Å². The molecular weight excluding hydrogens is 260 g/mol. The van der Waals surface area contributed by atoms with Gasteiger partial charge < -0.3 is 0 Å². The summed E-state index contributed by atoms with van der Waals surface area (Å²) < 4.78 is 1.75. The van der Waals surface area contributed by atoms with Gasteiger partial charge in [0.1, 0.15) is 5.65 Å². The largest absolute Gasteiger partial charge is 0.288 e. The Balaban J connectivity index is 2.27. The molecule has 3 nitrogen and oxygen atoms in total. The summed E-state index contributed by atoms with van der Waals surface area (Å²) in [5.41, 5.74) is 5.22. The molecule has 0 aliphatic carbocycles. The zero-order chi connectivity index (χ0) is 15.0. The molecule has 106 valence electrons. The number of aromatic nitrogens is 2. The standard InChI is InChI=1S/C18H18N2O/c1-12-13(2)16-9-10-17(21)20(18(16)19-14(12)3)11-15-7-5-4-6-8-15/h4-10H,11H2,1-3H3. The van der Waals surface area contributed by atoms with Crippen molar-refractivity contribution in [2.24, 2.45) is 0 Å². The maximum absolute atomic E-state index is 12.3. The van der Waals surface area contributed by atoms with E-state index in [2.05, 4.69) is 18.8 Å². The highest BCUT2D eigenvalue weighted by Gasteiger charge is 2.10. The van der Waals surface area contributed by atoms with Crippen LogP contribution in [0.25, 0.3) is 11.0 Å². The molecule has 0 aliphatic rings. The molecule has 2 aromatic heterocycles. The molecule has 3 heteroatoms. The summed E-state index contributed by atoms with van der Waals surface area (Å²) in [6.07, 6.45) is 0. The number of rotatable bonds is 2. The summed E-state index contributed by atoms with van der Waals surface area (Å²) in [5, 5.41) is 1.05. The molecule has 2 heterocycles. The summed E-state index contributed by atoms with van der Waals surface area (Å²) in [4.78, 5) is 16.9. The van der Waals surface area contributed by atoms with E-state index < -0.39 is 0 Å². The van der Waals surface area contributed by atoms with Gasteiger partial charge >= 0.3 is 0 Å². The van der Waals surface area contributed by atoms with Crippen molar-refractivity contribution in [2.75, 3.05) is 0 Å². The van der Waals surface area contributed by atoms with Crippen LogP contribution in [0.2, 0.25) is 0 Å². The average molecular weight is 278 g/mol. The van der Waals surface area contributed by atoms with Crippen molar-refractivity contribution in [3.63, 3.8) is 0 Å². The van der Waals surface area contributed by atoms with Gasteiger partial charge in [-0.25, -0.2) is 4.98 Å². The smallest absolute Gasteiger partial charge is 0.252 e. The Labute approximate surface area is 123 Å². The lowest BCUT2D eigenvalue weighted by Gasteiger charge is -2.14. The van der Waals surface area contributed by atoms with E-state index in [-0.39, 0.29) is 5.56 Å². The minimum absolute atomic E-state index is 0.0125. The molecule has 0 N–H and O–H groups in total. The molecule has 21 heavy (non-hydrogen) atoms. The first-order chi connectivity index (χ1) is 10.1. The second kappa shape index (κ2) is 5.17. The normalized spacial score (nSPS) is 11.0. The van der Waals surface area contributed by atoms with Crippen LogP contribution in [0.3, 0.4) is 0 Å². The van der Waals surface area contributed by atoms with Gasteiger partial charge in [0.25, 0.3) is 5.56 Å². The van der Waals surface area contributed by atoms with Crippen LogP contribution in [0.4, 0.5) is 0 Å². The van der Waals surface area contributed by atoms with E-state index in [1.807, 2.05) is 43.3 Å². The lowest BCUT2D eigenvalue weighted by molar-refractivity contribution is 0.780. The highest BCUT2D eigenvalue weighted by Crippen LogP contribution is 2.21. The SMILES string of the molecule is Cc1nc2c(ccc(=O)n2Cc2ccccc2)c(C)c1C. The predicted octanol–water partition coefficient (Wildman–Crippen LogP) is 3.37. The van der Waals surface area contributed by atoms with Crippen molar-refractivity contribution in [3.05, 3.63) is 75.2 Å². The number of fused-ring (bicyclic) bond motifs is 1. The van der Waals surface area contributed by atoms with E-state index in [0.717, 1.165) is 22.3 Å². The van der Waals surface area contributed by atoms with Crippen LogP contribution in [0.5, 0.6) is 0 Å². The van der Waals surface area contributed by atoms with Gasteiger partial charge in [0.2, 0.25) is 0 Å². The van der Waals surface area contributed by atoms with Gasteiger partial charge in [-0.15, -0.1) is 0 Å². The molecule has 3 aromatic rings. The van der Waals surface area contributed by atoms with Crippen LogP contribution in [-0.4, -0.2) is 9.55 Å². The van der Waals surface area contributed by atoms with Crippen molar-refractivity contribution in [2.45, 2.75) is 27.3 Å². The van der Waals surface area contributed by atoms with Gasteiger partial charge in [0.05, 0.1) is 6.54 Å². The van der Waals surface area contributed by atoms with E-state index in [1.54, 1.807) is 10.6 Å². The molecule has 0 radical (unpaired) electrons. The zero-order valence-corrected chi connectivity index (χ0v) is 12.6. The topological polar surface area (TPSA) is 34.9 Å². The molecule has 0 aliphatic heterocycles. The molecule has 0 fully saturated rings. The summed E-state index contributed by atoms with van der Waals surface area (Å²) in [5.74, 6) is 0. The Hall–Kier alpha value is -2.42. The third-order valence-corrected chi connectivity index (χ3v) is 4.12. The molecule has 0 saturated carbocycles. The highest BCUT2D eigenvalue weighted by atomic mass is 16.1. The highest BCUT2D eigenvalue weighted by molar-refractivity contribution is 5.80. The Bertz CT molecular complexity index is 864. The Morgan fingerprint density at radius 3 is 2.38 bits per heavy atom. The lowest BCUT2D eigenvalue weighted by Crippen LogP contribution is -2.21. The first-order valence-corrected chi connectivity index (χ1v) is 7.09. The summed E-state index contributed by atoms with van der Waals surface area (Å²) >= 11 is 0. The van der Waals surface area contributed by atoms with E-state index >= 15 is 0 Å². The van der Waals surface area contributed by atoms with Crippen molar-refractivity contribution in [1.29, 1.82) is 0 Å². The van der Waals surface area contributed by atoms with Crippen LogP contribution < -0.4 is 5.56 Å². The fourth-order valence-electron chi connectivity index (χ4n) is 2.62. The zero-order valence-electron chi connectivity index (χ0n) is 12.6. The quantitative estimate of drug-likeness (QED) is 0.720. The second-order valence-electron chi connectivity index (χ2n) is 5.43. The summed E-state index contributed by atoms with van der Waals surface area (Å²) in [6.45, 7) is 6.70. The van der Waals surface area contributed by atoms with Crippen LogP contribution in [0, 0.1) is 20.8 Å². The Morgan fingerprint density at radius 1 is 0.952 bits per heavy atom. The summed E-state index contributed by atoms with van der Waals surface area (Å²) in [6, 6.07) is 13.5. The molecule has 0 unspecified atom stereocenters. The summed E-state index contributed by atoms with van der Waals surface area (Å²) in [7, 11) is 0. The Kier molecular flexibility index (Phi) is 3.34. The maximum atomic E-state index is 12.3. The predicted molar refractivity (Wildman–Crippen MR) is 85.8 cm³/mol. The van der Waals surface area contributed by atoms with Crippen molar-refractivity contribution < 1.29 is 0 Å². The monoisotopic (exact) mass is 278 g/mol. The Morgan fingerprint density at radius 2 is 1.67 bits per heavy atom. The van der Waals surface area contributed by atoms with E-state index in [1.165, 1.54) is 11.1 Å². The number of hydrogen-bond donors (Lipinski definition) is 0. The minimum atomic E-state index is -0.0125. The molecule has 1 aromatic carbocycles. The van der Waals surface area contributed by atoms with E-state index in [4.69, 9.17) is 0 Å². The number of benzene rings is 1. The third kappa shape index (κ3) is 2.35. The fourth-order valence-corrected chi connectivity index (χ4v) is 2.62. The molecule has 0 saturated heterocycles. The molecule has 3 rings (SSSR count). The van der Waals surface area contributed by atoms with Crippen LogP contribution in [-0.2, 0) is 6.54 Å². The maximum Gasteiger partial charge on any atom is 0.252 e. The van der Waals surface area contributed by atoms with Gasteiger partial charge in [-0.1, -0.05) is 30.3 Å². The first kappa shape index (κ1) is 13.6. The molecule has 0 amide bonds. The molecule has 0 atom stereocenters. The number of hydrogen-bond acceptors (Lipinski definition) is 2. The van der Waals surface area contributed by atoms with E-state index in [0.29, 0.717) is 6.54 Å². The van der Waals surface area contributed by atoms with Crippen LogP contribution in [0.15, 0.2) is 47.3 Å². The van der Waals surface area contributed by atoms with Crippen molar-refractivity contribution in [1.82, 2.24) is 9.55 Å². The fraction of sp³-hybridized carbons (Fsp3) is 0.222. The first-order valence-electron chi connectivity index (χ1n) is 7.09. The van der Waals surface area contributed by atoms with Crippen LogP contribution >= 0.6 is 0 Å². The molecule has 0 spiro atoms. The second-order valence-corrected chi connectivity index (χ2v) is 5.43. The van der Waals surface area contributed by atoms with E-state index in [9.17, 15) is 4.79 Å². The number of aryl methyl sites for hydroxylation is 2. The lowest BCUT2D eigenvalue weighted by atomic mass is 10.1. The van der Waals surface area contributed by atoms with Gasteiger partial charge in [0.15, 0.2) is 0 Å². The average Bonchev–Trinajstić information content (AvgIpc) is 2.49. The third-order valence-electron chi connectivity index (χ3n) is 4.12. The minimum Gasteiger partial charge on any atom is -0.288 e. The molecule has 0 bridgehead atoms.